The maximum absolute atomic E-state index is 12.4. The van der Waals surface area contributed by atoms with Gasteiger partial charge in [0.2, 0.25) is 5.95 Å². The first-order valence-electron chi connectivity index (χ1n) is 10.2. The number of aryl methyl sites for hydroxylation is 1. The van der Waals surface area contributed by atoms with E-state index in [9.17, 15) is 13.2 Å². The van der Waals surface area contributed by atoms with Crippen molar-refractivity contribution in [1.29, 1.82) is 0 Å². The summed E-state index contributed by atoms with van der Waals surface area (Å²) in [6.45, 7) is 3.44. The lowest BCUT2D eigenvalue weighted by Gasteiger charge is -2.28. The predicted octanol–water partition coefficient (Wildman–Crippen LogP) is 4.65. The molecule has 4 rings (SSSR count). The number of alkyl halides is 3. The Morgan fingerprint density at radius 2 is 1.84 bits per heavy atom. The zero-order valence-corrected chi connectivity index (χ0v) is 18.3. The summed E-state index contributed by atoms with van der Waals surface area (Å²) >= 11 is 1.47. The fourth-order valence-corrected chi connectivity index (χ4v) is 4.25. The van der Waals surface area contributed by atoms with E-state index in [1.54, 1.807) is 12.1 Å². The molecule has 1 aliphatic rings. The molecule has 0 unspecified atom stereocenters. The molecular formula is C22H23F3N4O2S. The first kappa shape index (κ1) is 22.5. The second-order valence-corrected chi connectivity index (χ2v) is 8.34. The zero-order valence-electron chi connectivity index (χ0n) is 17.5. The third kappa shape index (κ3) is 5.74. The summed E-state index contributed by atoms with van der Waals surface area (Å²) in [6.07, 6.45) is -4.37. The van der Waals surface area contributed by atoms with Crippen molar-refractivity contribution < 1.29 is 22.6 Å². The van der Waals surface area contributed by atoms with Gasteiger partial charge in [0.05, 0.1) is 18.9 Å². The van der Waals surface area contributed by atoms with Gasteiger partial charge in [-0.05, 0) is 42.3 Å². The number of hydrogen-bond donors (Lipinski definition) is 0. The molecular weight excluding hydrogens is 441 g/mol. The molecule has 1 aromatic heterocycles. The smallest absolute Gasteiger partial charge is 0.422 e. The highest BCUT2D eigenvalue weighted by molar-refractivity contribution is 7.98. The minimum absolute atomic E-state index is 0.189. The molecule has 3 aromatic rings. The van der Waals surface area contributed by atoms with Gasteiger partial charge >= 0.3 is 6.18 Å². The van der Waals surface area contributed by atoms with Crippen LogP contribution in [0.4, 0.5) is 19.1 Å². The van der Waals surface area contributed by atoms with Crippen LogP contribution in [0, 0.1) is 6.92 Å². The molecule has 0 bridgehead atoms. The largest absolute Gasteiger partial charge is 0.484 e. The van der Waals surface area contributed by atoms with Gasteiger partial charge in [-0.15, -0.1) is 10.2 Å². The van der Waals surface area contributed by atoms with Gasteiger partial charge in [-0.3, -0.25) is 4.57 Å². The highest BCUT2D eigenvalue weighted by Gasteiger charge is 2.28. The van der Waals surface area contributed by atoms with Gasteiger partial charge in [0, 0.05) is 18.8 Å². The third-order valence-corrected chi connectivity index (χ3v) is 5.84. The number of rotatable bonds is 7. The van der Waals surface area contributed by atoms with E-state index in [-0.39, 0.29) is 5.75 Å². The number of morpholine rings is 1. The number of hydrogen-bond acceptors (Lipinski definition) is 6. The number of aromatic nitrogens is 3. The van der Waals surface area contributed by atoms with Crippen LogP contribution >= 0.6 is 11.8 Å². The van der Waals surface area contributed by atoms with Crippen LogP contribution in [-0.4, -0.2) is 53.9 Å². The topological polar surface area (TPSA) is 52.4 Å². The van der Waals surface area contributed by atoms with E-state index < -0.39 is 12.8 Å². The molecule has 0 aliphatic carbocycles. The molecule has 0 saturated carbocycles. The van der Waals surface area contributed by atoms with E-state index in [2.05, 4.69) is 21.2 Å². The fraction of sp³-hybridized carbons (Fsp3) is 0.364. The number of anilines is 1. The van der Waals surface area contributed by atoms with Crippen molar-refractivity contribution >= 4 is 17.7 Å². The Bertz CT molecular complexity index is 1050. The van der Waals surface area contributed by atoms with E-state index in [0.717, 1.165) is 35.9 Å². The van der Waals surface area contributed by atoms with Crippen LogP contribution in [0.15, 0.2) is 53.7 Å². The van der Waals surface area contributed by atoms with E-state index in [1.165, 1.54) is 17.8 Å². The van der Waals surface area contributed by atoms with Crippen molar-refractivity contribution in [1.82, 2.24) is 14.8 Å². The standard InChI is InChI=1S/C22H23F3N4O2S/c1-16-4-2-6-18(12-16)29-20(28-8-10-30-11-9-28)26-27-21(29)32-14-17-5-3-7-19(13-17)31-15-22(23,24)25/h2-7,12-13H,8-11,14-15H2,1H3. The summed E-state index contributed by atoms with van der Waals surface area (Å²) in [5.74, 6) is 1.45. The Morgan fingerprint density at radius 1 is 1.06 bits per heavy atom. The van der Waals surface area contributed by atoms with Crippen LogP contribution in [-0.2, 0) is 10.5 Å². The molecule has 1 fully saturated rings. The van der Waals surface area contributed by atoms with Crippen molar-refractivity contribution in [2.75, 3.05) is 37.8 Å². The third-order valence-electron chi connectivity index (χ3n) is 4.84. The lowest BCUT2D eigenvalue weighted by atomic mass is 10.2. The Balaban J connectivity index is 1.55. The number of ether oxygens (including phenoxy) is 2. The monoisotopic (exact) mass is 464 g/mol. The Kier molecular flexibility index (Phi) is 6.90. The molecule has 10 heteroatoms. The Hall–Kier alpha value is -2.72. The Morgan fingerprint density at radius 3 is 2.59 bits per heavy atom. The van der Waals surface area contributed by atoms with Gasteiger partial charge < -0.3 is 14.4 Å². The van der Waals surface area contributed by atoms with E-state index in [1.807, 2.05) is 35.8 Å². The molecule has 1 aliphatic heterocycles. The molecule has 1 saturated heterocycles. The molecule has 0 atom stereocenters. The predicted molar refractivity (Wildman–Crippen MR) is 117 cm³/mol. The number of nitrogens with zero attached hydrogens (tertiary/aromatic N) is 4. The first-order valence-corrected chi connectivity index (χ1v) is 11.1. The average molecular weight is 465 g/mol. The second kappa shape index (κ2) is 9.83. The summed E-state index contributed by atoms with van der Waals surface area (Å²) in [4.78, 5) is 2.15. The molecule has 2 heterocycles. The maximum Gasteiger partial charge on any atom is 0.422 e. The van der Waals surface area contributed by atoms with Crippen LogP contribution in [0.25, 0.3) is 5.69 Å². The van der Waals surface area contributed by atoms with Gasteiger partial charge in [-0.25, -0.2) is 0 Å². The average Bonchev–Trinajstić information content (AvgIpc) is 3.21. The molecule has 0 spiro atoms. The van der Waals surface area contributed by atoms with Gasteiger partial charge in [-0.2, -0.15) is 13.2 Å². The lowest BCUT2D eigenvalue weighted by Crippen LogP contribution is -2.37. The molecule has 6 nitrogen and oxygen atoms in total. The highest BCUT2D eigenvalue weighted by Crippen LogP contribution is 2.30. The van der Waals surface area contributed by atoms with Crippen LogP contribution in [0.5, 0.6) is 5.75 Å². The van der Waals surface area contributed by atoms with Crippen molar-refractivity contribution in [3.63, 3.8) is 0 Å². The number of halogens is 3. The van der Waals surface area contributed by atoms with Crippen LogP contribution < -0.4 is 9.64 Å². The molecule has 0 N–H and O–H groups in total. The van der Waals surface area contributed by atoms with Gasteiger partial charge in [0.25, 0.3) is 0 Å². The summed E-state index contributed by atoms with van der Waals surface area (Å²) in [5, 5.41) is 9.57. The fourth-order valence-electron chi connectivity index (χ4n) is 3.35. The quantitative estimate of drug-likeness (QED) is 0.475. The SMILES string of the molecule is Cc1cccc(-n2c(SCc3cccc(OCC(F)(F)F)c3)nnc2N2CCOCC2)c1. The van der Waals surface area contributed by atoms with Gasteiger partial charge in [0.1, 0.15) is 5.75 Å². The van der Waals surface area contributed by atoms with Crippen molar-refractivity contribution in [3.8, 4) is 11.4 Å². The number of benzene rings is 2. The first-order chi connectivity index (χ1) is 15.4. The molecule has 0 amide bonds. The van der Waals surface area contributed by atoms with Crippen LogP contribution in [0.1, 0.15) is 11.1 Å². The Labute approximate surface area is 188 Å². The maximum atomic E-state index is 12.4. The highest BCUT2D eigenvalue weighted by atomic mass is 32.2. The van der Waals surface area contributed by atoms with Crippen molar-refractivity contribution in [2.24, 2.45) is 0 Å². The number of thioether (sulfide) groups is 1. The molecule has 32 heavy (non-hydrogen) atoms. The summed E-state index contributed by atoms with van der Waals surface area (Å²) in [5.41, 5.74) is 2.91. The minimum atomic E-state index is -4.37. The summed E-state index contributed by atoms with van der Waals surface area (Å²) in [7, 11) is 0. The summed E-state index contributed by atoms with van der Waals surface area (Å²) < 4.78 is 49.7. The van der Waals surface area contributed by atoms with E-state index in [4.69, 9.17) is 9.47 Å². The van der Waals surface area contributed by atoms with Crippen LogP contribution in [0.2, 0.25) is 0 Å². The van der Waals surface area contributed by atoms with Gasteiger partial charge in [-0.1, -0.05) is 36.0 Å². The molecule has 0 radical (unpaired) electrons. The second-order valence-electron chi connectivity index (χ2n) is 7.40. The van der Waals surface area contributed by atoms with Crippen molar-refractivity contribution in [3.05, 3.63) is 59.7 Å². The zero-order chi connectivity index (χ0) is 22.6. The van der Waals surface area contributed by atoms with Gasteiger partial charge in [0.15, 0.2) is 11.8 Å². The normalized spacial score (nSPS) is 14.6. The van der Waals surface area contributed by atoms with Crippen LogP contribution in [0.3, 0.4) is 0 Å². The summed E-state index contributed by atoms with van der Waals surface area (Å²) in [6, 6.07) is 14.8. The molecule has 170 valence electrons. The minimum Gasteiger partial charge on any atom is -0.484 e. The van der Waals surface area contributed by atoms with E-state index in [0.29, 0.717) is 24.1 Å². The van der Waals surface area contributed by atoms with Crippen molar-refractivity contribution in [2.45, 2.75) is 24.0 Å². The lowest BCUT2D eigenvalue weighted by molar-refractivity contribution is -0.153. The molecule has 2 aromatic carbocycles. The van der Waals surface area contributed by atoms with E-state index >= 15 is 0 Å².